The predicted octanol–water partition coefficient (Wildman–Crippen LogP) is 1.96. The molecule has 98 valence electrons. The molecule has 0 spiro atoms. The molecule has 0 radical (unpaired) electrons. The molecule has 5 heteroatoms. The van der Waals surface area contributed by atoms with Gasteiger partial charge in [-0.1, -0.05) is 24.8 Å². The van der Waals surface area contributed by atoms with Crippen molar-refractivity contribution in [1.82, 2.24) is 9.78 Å². The van der Waals surface area contributed by atoms with Crippen LogP contribution in [0.25, 0.3) is 5.69 Å². The average molecular weight is 256 g/mol. The van der Waals surface area contributed by atoms with Gasteiger partial charge in [0.25, 0.3) is 0 Å². The molecule has 0 aliphatic carbocycles. The maximum Gasteiger partial charge on any atom is 0.181 e. The number of carbonyl (C=O) groups is 1. The number of nitrogens with zero attached hydrogens (tertiary/aromatic N) is 2. The van der Waals surface area contributed by atoms with E-state index in [1.807, 2.05) is 30.3 Å². The van der Waals surface area contributed by atoms with Crippen LogP contribution in [0.5, 0.6) is 0 Å². The molecule has 5 nitrogen and oxygen atoms in total. The minimum Gasteiger partial charge on any atom is -0.343 e. The summed E-state index contributed by atoms with van der Waals surface area (Å²) in [6.07, 6.45) is 1.68. The fraction of sp³-hybridized carbons (Fsp3) is 0.143. The smallest absolute Gasteiger partial charge is 0.181 e. The number of para-hydroxylation sites is 1. The second-order valence-corrected chi connectivity index (χ2v) is 4.20. The van der Waals surface area contributed by atoms with Gasteiger partial charge in [0, 0.05) is 11.9 Å². The molecule has 0 saturated heterocycles. The van der Waals surface area contributed by atoms with Crippen LogP contribution >= 0.6 is 0 Å². The Morgan fingerprint density at radius 2 is 2.11 bits per heavy atom. The summed E-state index contributed by atoms with van der Waals surface area (Å²) >= 11 is 0. The Kier molecular flexibility index (Phi) is 3.77. The first-order valence-corrected chi connectivity index (χ1v) is 5.92. The van der Waals surface area contributed by atoms with Gasteiger partial charge in [0.15, 0.2) is 11.6 Å². The van der Waals surface area contributed by atoms with Gasteiger partial charge >= 0.3 is 0 Å². The summed E-state index contributed by atoms with van der Waals surface area (Å²) in [6.45, 7) is 5.51. The predicted molar refractivity (Wildman–Crippen MR) is 75.4 cm³/mol. The molecule has 0 fully saturated rings. The zero-order chi connectivity index (χ0) is 13.8. The molecule has 3 N–H and O–H groups in total. The molecule has 0 amide bonds. The van der Waals surface area contributed by atoms with Gasteiger partial charge in [-0.2, -0.15) is 0 Å². The molecule has 1 heterocycles. The van der Waals surface area contributed by atoms with Crippen LogP contribution in [-0.4, -0.2) is 22.1 Å². The Morgan fingerprint density at radius 3 is 2.68 bits per heavy atom. The third-order valence-corrected chi connectivity index (χ3v) is 2.55. The molecular weight excluding hydrogens is 240 g/mol. The van der Waals surface area contributed by atoms with Crippen molar-refractivity contribution in [3.8, 4) is 5.69 Å². The zero-order valence-corrected chi connectivity index (χ0v) is 10.8. The van der Waals surface area contributed by atoms with E-state index in [0.29, 0.717) is 17.1 Å². The maximum absolute atomic E-state index is 11.8. The minimum absolute atomic E-state index is 0.0502. The van der Waals surface area contributed by atoms with Crippen molar-refractivity contribution in [2.45, 2.75) is 6.92 Å². The van der Waals surface area contributed by atoms with Crippen LogP contribution in [0.2, 0.25) is 0 Å². The summed E-state index contributed by atoms with van der Waals surface area (Å²) in [4.78, 5) is 11.8. The van der Waals surface area contributed by atoms with Gasteiger partial charge in [0.1, 0.15) is 0 Å². The number of Topliss-reactive ketones (excluding diaryl/α,β-unsaturated/α-hetero) is 1. The summed E-state index contributed by atoms with van der Waals surface area (Å²) in [7, 11) is 0. The van der Waals surface area contributed by atoms with E-state index in [9.17, 15) is 4.79 Å². The molecule has 2 aromatic rings. The monoisotopic (exact) mass is 256 g/mol. The van der Waals surface area contributed by atoms with E-state index in [0.717, 1.165) is 5.69 Å². The van der Waals surface area contributed by atoms with Crippen molar-refractivity contribution in [3.05, 3.63) is 54.4 Å². The van der Waals surface area contributed by atoms with Crippen molar-refractivity contribution < 1.29 is 4.79 Å². The lowest BCUT2D eigenvalue weighted by Crippen LogP contribution is -2.14. The summed E-state index contributed by atoms with van der Waals surface area (Å²) in [5, 5.41) is 7.33. The van der Waals surface area contributed by atoms with E-state index >= 15 is 0 Å². The maximum atomic E-state index is 11.8. The molecule has 0 atom stereocenters. The normalized spacial score (nSPS) is 10.2. The van der Waals surface area contributed by atoms with E-state index < -0.39 is 0 Å². The van der Waals surface area contributed by atoms with E-state index in [1.165, 1.54) is 0 Å². The Hall–Kier alpha value is -2.40. The third kappa shape index (κ3) is 2.89. The highest BCUT2D eigenvalue weighted by Gasteiger charge is 2.15. The molecule has 0 saturated carbocycles. The van der Waals surface area contributed by atoms with Gasteiger partial charge < -0.3 is 11.1 Å². The second-order valence-electron chi connectivity index (χ2n) is 4.20. The van der Waals surface area contributed by atoms with Crippen LogP contribution in [0, 0.1) is 0 Å². The largest absolute Gasteiger partial charge is 0.343 e. The number of ketones is 1. The Balaban J connectivity index is 2.45. The van der Waals surface area contributed by atoms with E-state index in [4.69, 9.17) is 5.73 Å². The van der Waals surface area contributed by atoms with Crippen LogP contribution in [-0.2, 0) is 0 Å². The highest BCUT2D eigenvalue weighted by molar-refractivity contribution is 6.01. The number of allylic oxidation sites excluding steroid dienone is 1. The quantitative estimate of drug-likeness (QED) is 0.802. The summed E-state index contributed by atoms with van der Waals surface area (Å²) < 4.78 is 1.65. The number of nitrogens with one attached hydrogen (secondary N) is 1. The third-order valence-electron chi connectivity index (χ3n) is 2.55. The van der Waals surface area contributed by atoms with E-state index in [2.05, 4.69) is 17.0 Å². The van der Waals surface area contributed by atoms with Crippen molar-refractivity contribution in [2.24, 2.45) is 5.73 Å². The average Bonchev–Trinajstić information content (AvgIpc) is 2.82. The van der Waals surface area contributed by atoms with Gasteiger partial charge in [0.05, 0.1) is 17.8 Å². The number of benzene rings is 1. The first kappa shape index (κ1) is 13.0. The summed E-state index contributed by atoms with van der Waals surface area (Å²) in [5.74, 6) is 0.317. The van der Waals surface area contributed by atoms with Crippen LogP contribution in [0.4, 0.5) is 5.82 Å². The Bertz CT molecular complexity index is 601. The molecule has 19 heavy (non-hydrogen) atoms. The number of hydrogen-bond donors (Lipinski definition) is 2. The highest BCUT2D eigenvalue weighted by atomic mass is 16.1. The lowest BCUT2D eigenvalue weighted by molar-refractivity contribution is 0.100. The van der Waals surface area contributed by atoms with Gasteiger partial charge in [-0.25, -0.2) is 4.68 Å². The molecule has 0 aliphatic heterocycles. The molecule has 0 aliphatic rings. The van der Waals surface area contributed by atoms with Gasteiger partial charge in [-0.15, -0.1) is 5.10 Å². The number of rotatable bonds is 5. The summed E-state index contributed by atoms with van der Waals surface area (Å²) in [6, 6.07) is 9.56. The molecule has 2 rings (SSSR count). The number of carbonyl (C=O) groups excluding carboxylic acids is 1. The highest BCUT2D eigenvalue weighted by Crippen LogP contribution is 2.18. The van der Waals surface area contributed by atoms with Crippen molar-refractivity contribution in [1.29, 1.82) is 0 Å². The Morgan fingerprint density at radius 1 is 1.42 bits per heavy atom. The standard InChI is InChI=1S/C14H16N4O/c1-10(2)16-14-12(13(19)8-15)9-18(17-14)11-6-4-3-5-7-11/h3-7,9H,1,8,15H2,2H3,(H,16,17). The van der Waals surface area contributed by atoms with Crippen molar-refractivity contribution in [2.75, 3.05) is 11.9 Å². The SMILES string of the molecule is C=C(C)Nc1nn(-c2ccccc2)cc1C(=O)CN. The molecule has 1 aromatic heterocycles. The fourth-order valence-corrected chi connectivity index (χ4v) is 1.70. The lowest BCUT2D eigenvalue weighted by Gasteiger charge is -2.03. The molecule has 1 aromatic carbocycles. The van der Waals surface area contributed by atoms with E-state index in [1.54, 1.807) is 17.8 Å². The van der Waals surface area contributed by atoms with Crippen LogP contribution < -0.4 is 11.1 Å². The van der Waals surface area contributed by atoms with E-state index in [-0.39, 0.29) is 12.3 Å². The number of nitrogens with two attached hydrogens (primary N) is 1. The van der Waals surface area contributed by atoms with Gasteiger partial charge in [0.2, 0.25) is 0 Å². The van der Waals surface area contributed by atoms with Crippen LogP contribution in [0.1, 0.15) is 17.3 Å². The number of aromatic nitrogens is 2. The zero-order valence-electron chi connectivity index (χ0n) is 10.8. The topological polar surface area (TPSA) is 72.9 Å². The van der Waals surface area contributed by atoms with Crippen molar-refractivity contribution >= 4 is 11.6 Å². The van der Waals surface area contributed by atoms with Crippen LogP contribution in [0.3, 0.4) is 0 Å². The Labute approximate surface area is 111 Å². The van der Waals surface area contributed by atoms with Crippen molar-refractivity contribution in [3.63, 3.8) is 0 Å². The molecule has 0 bridgehead atoms. The molecular formula is C14H16N4O. The lowest BCUT2D eigenvalue weighted by atomic mass is 10.2. The summed E-state index contributed by atoms with van der Waals surface area (Å²) in [5.41, 5.74) is 7.47. The first-order chi connectivity index (χ1) is 9.11. The second kappa shape index (κ2) is 5.49. The first-order valence-electron chi connectivity index (χ1n) is 5.92. The number of hydrogen-bond acceptors (Lipinski definition) is 4. The van der Waals surface area contributed by atoms with Crippen LogP contribution in [0.15, 0.2) is 48.8 Å². The van der Waals surface area contributed by atoms with Gasteiger partial charge in [-0.3, -0.25) is 4.79 Å². The minimum atomic E-state index is -0.161. The van der Waals surface area contributed by atoms with Gasteiger partial charge in [-0.05, 0) is 19.1 Å². The molecule has 0 unspecified atom stereocenters. The fourth-order valence-electron chi connectivity index (χ4n) is 1.70. The number of anilines is 1.